The minimum atomic E-state index is -0.927. The molecule has 1 atom stereocenters. The lowest BCUT2D eigenvalue weighted by molar-refractivity contribution is -0.140. The second kappa shape index (κ2) is 6.09. The highest BCUT2D eigenvalue weighted by Gasteiger charge is 2.15. The van der Waals surface area contributed by atoms with Crippen molar-refractivity contribution in [1.82, 2.24) is 10.2 Å². The van der Waals surface area contributed by atoms with E-state index in [1.807, 2.05) is 6.92 Å². The van der Waals surface area contributed by atoms with Crippen LogP contribution in [0.4, 0.5) is 4.79 Å². The average Bonchev–Trinajstić information content (AvgIpc) is 2.71. The predicted molar refractivity (Wildman–Crippen MR) is 65.1 cm³/mol. The van der Waals surface area contributed by atoms with Crippen LogP contribution < -0.4 is 5.32 Å². The number of hydrogen-bond acceptors (Lipinski definition) is 3. The highest BCUT2D eigenvalue weighted by atomic mass is 16.4. The molecule has 6 heteroatoms. The molecule has 2 N–H and O–H groups in total. The summed E-state index contributed by atoms with van der Waals surface area (Å²) in [6, 6.07) is 1.50. The van der Waals surface area contributed by atoms with Crippen LogP contribution in [0.3, 0.4) is 0 Å². The summed E-state index contributed by atoms with van der Waals surface area (Å²) in [6.45, 7) is 3.91. The van der Waals surface area contributed by atoms with Crippen LogP contribution in [0, 0.1) is 12.8 Å². The summed E-state index contributed by atoms with van der Waals surface area (Å²) < 4.78 is 5.14. The molecule has 0 aliphatic heterocycles. The normalized spacial score (nSPS) is 11.9. The second-order valence-corrected chi connectivity index (χ2v) is 4.28. The van der Waals surface area contributed by atoms with Crippen LogP contribution in [0.2, 0.25) is 0 Å². The SMILES string of the molecule is Cc1occc1CN(C)C(=O)NCC(C)C(=O)O. The number of carbonyl (C=O) groups is 2. The van der Waals surface area contributed by atoms with Gasteiger partial charge in [0.25, 0.3) is 0 Å². The minimum Gasteiger partial charge on any atom is -0.481 e. The summed E-state index contributed by atoms with van der Waals surface area (Å²) in [4.78, 5) is 23.8. The van der Waals surface area contributed by atoms with Gasteiger partial charge in [-0.25, -0.2) is 4.79 Å². The Balaban J connectivity index is 2.42. The molecule has 0 bridgehead atoms. The Hall–Kier alpha value is -1.98. The number of nitrogens with one attached hydrogen (secondary N) is 1. The van der Waals surface area contributed by atoms with Gasteiger partial charge in [-0.2, -0.15) is 0 Å². The smallest absolute Gasteiger partial charge is 0.317 e. The molecule has 0 spiro atoms. The zero-order valence-electron chi connectivity index (χ0n) is 10.8. The molecule has 0 aliphatic carbocycles. The number of carbonyl (C=O) groups excluding carboxylic acids is 1. The Labute approximate surface area is 106 Å². The van der Waals surface area contributed by atoms with Crippen molar-refractivity contribution in [3.8, 4) is 0 Å². The fourth-order valence-corrected chi connectivity index (χ4v) is 1.37. The number of carboxylic acid groups (broad SMARTS) is 1. The monoisotopic (exact) mass is 254 g/mol. The van der Waals surface area contributed by atoms with Crippen molar-refractivity contribution in [1.29, 1.82) is 0 Å². The number of amides is 2. The number of hydrogen-bond donors (Lipinski definition) is 2. The molecule has 1 rings (SSSR count). The molecule has 0 aliphatic rings. The fraction of sp³-hybridized carbons (Fsp3) is 0.500. The Morgan fingerprint density at radius 3 is 2.72 bits per heavy atom. The van der Waals surface area contributed by atoms with E-state index in [0.717, 1.165) is 11.3 Å². The maximum absolute atomic E-state index is 11.7. The van der Waals surface area contributed by atoms with Crippen LogP contribution >= 0.6 is 0 Å². The molecule has 1 unspecified atom stereocenters. The van der Waals surface area contributed by atoms with Gasteiger partial charge in [-0.15, -0.1) is 0 Å². The molecular formula is C12H18N2O4. The standard InChI is InChI=1S/C12H18N2O4/c1-8(11(15)16)6-13-12(17)14(3)7-10-4-5-18-9(10)2/h4-5,8H,6-7H2,1-3H3,(H,13,17)(H,15,16). The lowest BCUT2D eigenvalue weighted by atomic mass is 10.2. The van der Waals surface area contributed by atoms with E-state index in [-0.39, 0.29) is 12.6 Å². The topological polar surface area (TPSA) is 82.8 Å². The summed E-state index contributed by atoms with van der Waals surface area (Å²) in [7, 11) is 1.65. The van der Waals surface area contributed by atoms with Gasteiger partial charge in [0.2, 0.25) is 0 Å². The quantitative estimate of drug-likeness (QED) is 0.833. The predicted octanol–water partition coefficient (Wildman–Crippen LogP) is 1.45. The Morgan fingerprint density at radius 1 is 1.56 bits per heavy atom. The van der Waals surface area contributed by atoms with E-state index in [4.69, 9.17) is 9.52 Å². The largest absolute Gasteiger partial charge is 0.481 e. The van der Waals surface area contributed by atoms with Crippen molar-refractivity contribution >= 4 is 12.0 Å². The van der Waals surface area contributed by atoms with Crippen LogP contribution in [0.5, 0.6) is 0 Å². The van der Waals surface area contributed by atoms with Gasteiger partial charge in [0.15, 0.2) is 0 Å². The van der Waals surface area contributed by atoms with E-state index in [1.165, 1.54) is 4.90 Å². The third kappa shape index (κ3) is 3.80. The van der Waals surface area contributed by atoms with E-state index in [9.17, 15) is 9.59 Å². The van der Waals surface area contributed by atoms with Crippen molar-refractivity contribution in [3.63, 3.8) is 0 Å². The molecular weight excluding hydrogens is 236 g/mol. The van der Waals surface area contributed by atoms with Crippen LogP contribution in [-0.2, 0) is 11.3 Å². The van der Waals surface area contributed by atoms with Crippen molar-refractivity contribution in [2.24, 2.45) is 5.92 Å². The number of aryl methyl sites for hydroxylation is 1. The van der Waals surface area contributed by atoms with Gasteiger partial charge in [-0.05, 0) is 13.0 Å². The molecule has 0 fully saturated rings. The minimum absolute atomic E-state index is 0.114. The third-order valence-electron chi connectivity index (χ3n) is 2.70. The van der Waals surface area contributed by atoms with Crippen molar-refractivity contribution in [2.45, 2.75) is 20.4 Å². The van der Waals surface area contributed by atoms with Crippen LogP contribution in [-0.4, -0.2) is 35.6 Å². The molecule has 0 saturated carbocycles. The first-order chi connectivity index (χ1) is 8.41. The van der Waals surface area contributed by atoms with Gasteiger partial charge >= 0.3 is 12.0 Å². The van der Waals surface area contributed by atoms with Gasteiger partial charge in [-0.1, -0.05) is 6.92 Å². The molecule has 100 valence electrons. The van der Waals surface area contributed by atoms with Gasteiger partial charge < -0.3 is 19.7 Å². The highest BCUT2D eigenvalue weighted by Crippen LogP contribution is 2.10. The number of rotatable bonds is 5. The zero-order chi connectivity index (χ0) is 13.7. The van der Waals surface area contributed by atoms with Gasteiger partial charge in [0.05, 0.1) is 18.7 Å². The molecule has 1 aromatic rings. The summed E-state index contributed by atoms with van der Waals surface area (Å²) in [5, 5.41) is 11.3. The summed E-state index contributed by atoms with van der Waals surface area (Å²) in [6.07, 6.45) is 1.57. The number of carboxylic acids is 1. The maximum Gasteiger partial charge on any atom is 0.317 e. The second-order valence-electron chi connectivity index (χ2n) is 4.28. The van der Waals surface area contributed by atoms with Crippen LogP contribution in [0.25, 0.3) is 0 Å². The van der Waals surface area contributed by atoms with E-state index >= 15 is 0 Å². The fourth-order valence-electron chi connectivity index (χ4n) is 1.37. The summed E-state index contributed by atoms with van der Waals surface area (Å²) >= 11 is 0. The number of urea groups is 1. The van der Waals surface area contributed by atoms with Gasteiger partial charge in [-0.3, -0.25) is 4.79 Å². The van der Waals surface area contributed by atoms with Gasteiger partial charge in [0, 0.05) is 19.2 Å². The highest BCUT2D eigenvalue weighted by molar-refractivity contribution is 5.75. The Kier molecular flexibility index (Phi) is 4.76. The first-order valence-electron chi connectivity index (χ1n) is 5.66. The Bertz CT molecular complexity index is 427. The molecule has 1 heterocycles. The van der Waals surface area contributed by atoms with Crippen molar-refractivity contribution < 1.29 is 19.1 Å². The molecule has 0 radical (unpaired) electrons. The van der Waals surface area contributed by atoms with Crippen molar-refractivity contribution in [2.75, 3.05) is 13.6 Å². The molecule has 0 saturated heterocycles. The first kappa shape index (κ1) is 14.1. The molecule has 1 aromatic heterocycles. The average molecular weight is 254 g/mol. The first-order valence-corrected chi connectivity index (χ1v) is 5.66. The van der Waals surface area contributed by atoms with E-state index in [0.29, 0.717) is 6.54 Å². The van der Waals surface area contributed by atoms with E-state index < -0.39 is 11.9 Å². The van der Waals surface area contributed by atoms with Crippen molar-refractivity contribution in [3.05, 3.63) is 23.7 Å². The number of nitrogens with zero attached hydrogens (tertiary/aromatic N) is 1. The zero-order valence-corrected chi connectivity index (χ0v) is 10.8. The summed E-state index contributed by atoms with van der Waals surface area (Å²) in [5.41, 5.74) is 0.930. The summed E-state index contributed by atoms with van der Waals surface area (Å²) in [5.74, 6) is -0.754. The molecule has 18 heavy (non-hydrogen) atoms. The van der Waals surface area contributed by atoms with Gasteiger partial charge in [0.1, 0.15) is 5.76 Å². The van der Waals surface area contributed by atoms with Crippen LogP contribution in [0.15, 0.2) is 16.7 Å². The lowest BCUT2D eigenvalue weighted by Crippen LogP contribution is -2.40. The van der Waals surface area contributed by atoms with Crippen LogP contribution in [0.1, 0.15) is 18.2 Å². The number of aliphatic carboxylic acids is 1. The molecule has 2 amide bonds. The van der Waals surface area contributed by atoms with E-state index in [1.54, 1.807) is 26.3 Å². The van der Waals surface area contributed by atoms with E-state index in [2.05, 4.69) is 5.32 Å². The third-order valence-corrected chi connectivity index (χ3v) is 2.70. The number of furan rings is 1. The lowest BCUT2D eigenvalue weighted by Gasteiger charge is -2.18. The Morgan fingerprint density at radius 2 is 2.22 bits per heavy atom. The molecule has 0 aromatic carbocycles. The maximum atomic E-state index is 11.7. The molecule has 6 nitrogen and oxygen atoms in total.